The summed E-state index contributed by atoms with van der Waals surface area (Å²) < 4.78 is 6.91. The second-order valence-electron chi connectivity index (χ2n) is 5.34. The van der Waals surface area contributed by atoms with E-state index in [1.54, 1.807) is 24.3 Å². The largest absolute Gasteiger partial charge is 0.478 e. The van der Waals surface area contributed by atoms with Crippen LogP contribution in [0, 0.1) is 0 Å². The molecule has 0 atom stereocenters. The highest BCUT2D eigenvalue weighted by Crippen LogP contribution is 2.32. The van der Waals surface area contributed by atoms with Gasteiger partial charge in [0.25, 0.3) is 0 Å². The number of rotatable bonds is 3. The molecule has 5 nitrogen and oxygen atoms in total. The Balaban J connectivity index is 2.22. The molecule has 0 saturated carbocycles. The van der Waals surface area contributed by atoms with Crippen LogP contribution in [0.3, 0.4) is 0 Å². The summed E-state index contributed by atoms with van der Waals surface area (Å²) in [6.45, 7) is 0.787. The van der Waals surface area contributed by atoms with Crippen LogP contribution in [0.1, 0.15) is 39.3 Å². The van der Waals surface area contributed by atoms with Crippen molar-refractivity contribution in [1.29, 1.82) is 0 Å². The van der Waals surface area contributed by atoms with Gasteiger partial charge in [0.05, 0.1) is 18.2 Å². The number of benzene rings is 1. The van der Waals surface area contributed by atoms with E-state index in [-0.39, 0.29) is 11.5 Å². The minimum absolute atomic E-state index is 0.241. The maximum Gasteiger partial charge on any atom is 0.339 e. The molecule has 0 amide bonds. The quantitative estimate of drug-likeness (QED) is 0.885. The molecule has 1 aromatic heterocycles. The third-order valence-electron chi connectivity index (χ3n) is 4.09. The molecule has 1 aliphatic heterocycles. The number of carboxylic acids is 1. The van der Waals surface area contributed by atoms with Crippen molar-refractivity contribution in [3.8, 4) is 11.3 Å². The normalized spacial score (nSPS) is 13.5. The number of aromatic nitrogens is 1. The lowest BCUT2D eigenvalue weighted by Crippen LogP contribution is -2.14. The van der Waals surface area contributed by atoms with Crippen LogP contribution in [0.2, 0.25) is 0 Å². The first-order valence-corrected chi connectivity index (χ1v) is 7.27. The van der Waals surface area contributed by atoms with E-state index in [4.69, 9.17) is 4.74 Å². The average molecular weight is 299 g/mol. The molecule has 0 bridgehead atoms. The Bertz CT molecular complexity index is 745. The summed E-state index contributed by atoms with van der Waals surface area (Å²) in [5, 5.41) is 9.39. The summed E-state index contributed by atoms with van der Waals surface area (Å²) in [5.41, 5.74) is 3.12. The molecule has 0 aliphatic carbocycles. The third-order valence-corrected chi connectivity index (χ3v) is 4.09. The van der Waals surface area contributed by atoms with Crippen LogP contribution in [0.25, 0.3) is 11.3 Å². The molecule has 0 radical (unpaired) electrons. The Labute approximate surface area is 128 Å². The van der Waals surface area contributed by atoms with Gasteiger partial charge in [-0.3, -0.25) is 0 Å². The summed E-state index contributed by atoms with van der Waals surface area (Å²) in [5.74, 6) is -1.34. The number of nitrogens with zero attached hydrogens (tertiary/aromatic N) is 1. The number of carbonyl (C=O) groups is 2. The molecule has 2 aromatic rings. The van der Waals surface area contributed by atoms with Crippen molar-refractivity contribution in [3.05, 3.63) is 47.2 Å². The highest BCUT2D eigenvalue weighted by Gasteiger charge is 2.25. The fourth-order valence-corrected chi connectivity index (χ4v) is 3.08. The predicted octanol–water partition coefficient (Wildman–Crippen LogP) is 2.98. The molecule has 1 aromatic carbocycles. The number of aromatic carboxylic acids is 1. The van der Waals surface area contributed by atoms with Gasteiger partial charge < -0.3 is 14.4 Å². The van der Waals surface area contributed by atoms with E-state index in [0.717, 1.165) is 37.2 Å². The van der Waals surface area contributed by atoms with Gasteiger partial charge in [0, 0.05) is 23.5 Å². The van der Waals surface area contributed by atoms with Crippen LogP contribution < -0.4 is 0 Å². The molecule has 0 saturated heterocycles. The highest BCUT2D eigenvalue weighted by molar-refractivity contribution is 5.98. The van der Waals surface area contributed by atoms with Crippen molar-refractivity contribution in [3.63, 3.8) is 0 Å². The SMILES string of the molecule is COC(=O)c1cc(-c2ccccc2C(=O)O)n2c1CCCC2. The smallest absolute Gasteiger partial charge is 0.339 e. The van der Waals surface area contributed by atoms with Crippen LogP contribution in [0.4, 0.5) is 0 Å². The molecule has 5 heteroatoms. The van der Waals surface area contributed by atoms with Crippen molar-refractivity contribution in [2.75, 3.05) is 7.11 Å². The van der Waals surface area contributed by atoms with Gasteiger partial charge in [-0.1, -0.05) is 18.2 Å². The van der Waals surface area contributed by atoms with Crippen LogP contribution in [0.5, 0.6) is 0 Å². The first-order chi connectivity index (χ1) is 10.6. The number of hydrogen-bond donors (Lipinski definition) is 1. The van der Waals surface area contributed by atoms with Crippen LogP contribution in [0.15, 0.2) is 30.3 Å². The van der Waals surface area contributed by atoms with E-state index in [1.165, 1.54) is 7.11 Å². The molecule has 2 heterocycles. The zero-order valence-corrected chi connectivity index (χ0v) is 12.3. The zero-order chi connectivity index (χ0) is 15.7. The molecule has 0 spiro atoms. The van der Waals surface area contributed by atoms with Gasteiger partial charge in [0.2, 0.25) is 0 Å². The van der Waals surface area contributed by atoms with Crippen molar-refractivity contribution < 1.29 is 19.4 Å². The molecule has 1 aliphatic rings. The van der Waals surface area contributed by atoms with Crippen molar-refractivity contribution in [1.82, 2.24) is 4.57 Å². The Morgan fingerprint density at radius 1 is 1.18 bits per heavy atom. The van der Waals surface area contributed by atoms with Crippen molar-refractivity contribution in [2.45, 2.75) is 25.8 Å². The van der Waals surface area contributed by atoms with Gasteiger partial charge in [0.1, 0.15) is 0 Å². The lowest BCUT2D eigenvalue weighted by atomic mass is 10.0. The number of ether oxygens (including phenoxy) is 1. The van der Waals surface area contributed by atoms with Crippen LogP contribution >= 0.6 is 0 Å². The monoisotopic (exact) mass is 299 g/mol. The molecular weight excluding hydrogens is 282 g/mol. The van der Waals surface area contributed by atoms with E-state index < -0.39 is 5.97 Å². The topological polar surface area (TPSA) is 68.5 Å². The summed E-state index contributed by atoms with van der Waals surface area (Å²) in [4.78, 5) is 23.5. The minimum Gasteiger partial charge on any atom is -0.478 e. The van der Waals surface area contributed by atoms with E-state index in [2.05, 4.69) is 4.57 Å². The summed E-state index contributed by atoms with van der Waals surface area (Å²) in [6.07, 6.45) is 2.85. The zero-order valence-electron chi connectivity index (χ0n) is 12.3. The maximum absolute atomic E-state index is 12.0. The Kier molecular flexibility index (Phi) is 3.71. The van der Waals surface area contributed by atoms with Crippen molar-refractivity contribution in [2.24, 2.45) is 0 Å². The maximum atomic E-state index is 12.0. The Morgan fingerprint density at radius 2 is 1.95 bits per heavy atom. The molecule has 3 rings (SSSR count). The number of carbonyl (C=O) groups excluding carboxylic acids is 1. The Hall–Kier alpha value is -2.56. The third kappa shape index (κ3) is 2.28. The van der Waals surface area contributed by atoms with E-state index in [1.807, 2.05) is 6.07 Å². The highest BCUT2D eigenvalue weighted by atomic mass is 16.5. The van der Waals surface area contributed by atoms with Gasteiger partial charge in [0.15, 0.2) is 0 Å². The summed E-state index contributed by atoms with van der Waals surface area (Å²) in [6, 6.07) is 8.63. The number of esters is 1. The number of fused-ring (bicyclic) bond motifs is 1. The van der Waals surface area contributed by atoms with Crippen molar-refractivity contribution >= 4 is 11.9 Å². The predicted molar refractivity (Wildman–Crippen MR) is 81.1 cm³/mol. The summed E-state index contributed by atoms with van der Waals surface area (Å²) in [7, 11) is 1.36. The standard InChI is InChI=1S/C17H17NO4/c1-22-17(21)13-10-15(18-9-5-4-8-14(13)18)11-6-2-3-7-12(11)16(19)20/h2-3,6-7,10H,4-5,8-9H2,1H3,(H,19,20). The summed E-state index contributed by atoms with van der Waals surface area (Å²) >= 11 is 0. The van der Waals surface area contributed by atoms with E-state index in [0.29, 0.717) is 11.1 Å². The number of methoxy groups -OCH3 is 1. The fourth-order valence-electron chi connectivity index (χ4n) is 3.08. The van der Waals surface area contributed by atoms with Gasteiger partial charge in [-0.25, -0.2) is 9.59 Å². The lowest BCUT2D eigenvalue weighted by molar-refractivity contribution is 0.0598. The first-order valence-electron chi connectivity index (χ1n) is 7.27. The molecular formula is C17H17NO4. The second kappa shape index (κ2) is 5.67. The first kappa shape index (κ1) is 14.4. The minimum atomic E-state index is -0.971. The fraction of sp³-hybridized carbons (Fsp3) is 0.294. The van der Waals surface area contributed by atoms with Gasteiger partial charge in [-0.2, -0.15) is 0 Å². The van der Waals surface area contributed by atoms with E-state index in [9.17, 15) is 14.7 Å². The molecule has 1 N–H and O–H groups in total. The molecule has 22 heavy (non-hydrogen) atoms. The molecule has 0 unspecified atom stereocenters. The number of hydrogen-bond acceptors (Lipinski definition) is 3. The van der Waals surface area contributed by atoms with Crippen LogP contribution in [-0.2, 0) is 17.7 Å². The lowest BCUT2D eigenvalue weighted by Gasteiger charge is -2.19. The van der Waals surface area contributed by atoms with E-state index >= 15 is 0 Å². The average Bonchev–Trinajstić information content (AvgIpc) is 2.93. The molecule has 114 valence electrons. The van der Waals surface area contributed by atoms with Gasteiger partial charge >= 0.3 is 11.9 Å². The van der Waals surface area contributed by atoms with Crippen LogP contribution in [-0.4, -0.2) is 28.7 Å². The second-order valence-corrected chi connectivity index (χ2v) is 5.34. The number of carboxylic acid groups (broad SMARTS) is 1. The Morgan fingerprint density at radius 3 is 2.68 bits per heavy atom. The van der Waals surface area contributed by atoms with Gasteiger partial charge in [-0.15, -0.1) is 0 Å². The van der Waals surface area contributed by atoms with Gasteiger partial charge in [-0.05, 0) is 31.4 Å². The molecule has 0 fully saturated rings.